The van der Waals surface area contributed by atoms with Gasteiger partial charge in [0.25, 0.3) is 0 Å². The molecule has 1 aliphatic heterocycles. The zero-order valence-electron chi connectivity index (χ0n) is 17.2. The molecule has 0 unspecified atom stereocenters. The number of nitrogens with one attached hydrogen (secondary N) is 2. The Morgan fingerprint density at radius 1 is 1.17 bits per heavy atom. The summed E-state index contributed by atoms with van der Waals surface area (Å²) in [5, 5.41) is 8.55. The van der Waals surface area contributed by atoms with Crippen LogP contribution in [0.2, 0.25) is 0 Å². The molecular weight excluding hydrogens is 392 g/mol. The number of hydrogen-bond donors (Lipinski definition) is 2. The van der Waals surface area contributed by atoms with E-state index in [0.717, 1.165) is 23.0 Å². The van der Waals surface area contributed by atoms with Gasteiger partial charge in [0.15, 0.2) is 0 Å². The molecule has 7 heteroatoms. The first-order valence-electron chi connectivity index (χ1n) is 10.8. The van der Waals surface area contributed by atoms with Gasteiger partial charge in [-0.15, -0.1) is 0 Å². The highest BCUT2D eigenvalue weighted by atomic mass is 32.1. The minimum absolute atomic E-state index is 0.599. The number of hydrogen-bond acceptors (Lipinski definition) is 7. The van der Waals surface area contributed by atoms with Crippen molar-refractivity contribution in [2.75, 3.05) is 30.4 Å². The highest BCUT2D eigenvalue weighted by Crippen LogP contribution is 2.37. The predicted molar refractivity (Wildman–Crippen MR) is 125 cm³/mol. The molecule has 30 heavy (non-hydrogen) atoms. The molecule has 1 aromatic carbocycles. The maximum atomic E-state index is 4.87. The van der Waals surface area contributed by atoms with E-state index in [1.807, 2.05) is 12.1 Å². The van der Waals surface area contributed by atoms with Gasteiger partial charge in [-0.05, 0) is 86.6 Å². The van der Waals surface area contributed by atoms with Crippen molar-refractivity contribution in [1.82, 2.24) is 14.3 Å². The molecule has 6 nitrogen and oxygen atoms in total. The minimum atomic E-state index is 0.599. The highest BCUT2D eigenvalue weighted by molar-refractivity contribution is 7.13. The van der Waals surface area contributed by atoms with Crippen molar-refractivity contribution in [3.05, 3.63) is 47.9 Å². The molecular formula is C23H28N6S. The van der Waals surface area contributed by atoms with Gasteiger partial charge in [0.1, 0.15) is 0 Å². The van der Waals surface area contributed by atoms with E-state index in [1.54, 1.807) is 17.7 Å². The summed E-state index contributed by atoms with van der Waals surface area (Å²) in [5.74, 6) is 1.58. The van der Waals surface area contributed by atoms with Crippen molar-refractivity contribution in [2.24, 2.45) is 11.0 Å². The van der Waals surface area contributed by atoms with Crippen LogP contribution >= 0.6 is 11.5 Å². The summed E-state index contributed by atoms with van der Waals surface area (Å²) in [6.07, 6.45) is 7.14. The number of likely N-dealkylation sites (tertiary alicyclic amines) is 1. The van der Waals surface area contributed by atoms with E-state index < -0.39 is 0 Å². The Morgan fingerprint density at radius 2 is 2.03 bits per heavy atom. The number of pyridine rings is 1. The Kier molecular flexibility index (Phi) is 5.64. The summed E-state index contributed by atoms with van der Waals surface area (Å²) in [6.45, 7) is 7.87. The maximum absolute atomic E-state index is 4.87. The highest BCUT2D eigenvalue weighted by Gasteiger charge is 2.28. The van der Waals surface area contributed by atoms with E-state index in [4.69, 9.17) is 4.37 Å². The zero-order chi connectivity index (χ0) is 20.3. The number of hydrazone groups is 1. The molecule has 1 aliphatic carbocycles. The molecule has 0 spiro atoms. The summed E-state index contributed by atoms with van der Waals surface area (Å²) in [7, 11) is 0. The van der Waals surface area contributed by atoms with Gasteiger partial charge in [-0.1, -0.05) is 0 Å². The Morgan fingerprint density at radius 3 is 2.83 bits per heavy atom. The number of nitrogens with zero attached hydrogens (tertiary/aromatic N) is 4. The van der Waals surface area contributed by atoms with Gasteiger partial charge in [-0.2, -0.15) is 9.47 Å². The van der Waals surface area contributed by atoms with E-state index in [1.165, 1.54) is 61.1 Å². The van der Waals surface area contributed by atoms with E-state index in [9.17, 15) is 0 Å². The molecule has 0 atom stereocenters. The van der Waals surface area contributed by atoms with Crippen molar-refractivity contribution in [1.29, 1.82) is 0 Å². The summed E-state index contributed by atoms with van der Waals surface area (Å²) in [6, 6.07) is 10.4. The van der Waals surface area contributed by atoms with Crippen LogP contribution in [0.4, 0.5) is 11.4 Å². The van der Waals surface area contributed by atoms with Crippen molar-refractivity contribution < 1.29 is 0 Å². The molecule has 5 rings (SSSR count). The van der Waals surface area contributed by atoms with E-state index in [-0.39, 0.29) is 0 Å². The topological polar surface area (TPSA) is 65.4 Å². The van der Waals surface area contributed by atoms with E-state index >= 15 is 0 Å². The number of piperidine rings is 1. The minimum Gasteiger partial charge on any atom is -0.379 e. The molecule has 2 fully saturated rings. The summed E-state index contributed by atoms with van der Waals surface area (Å²) in [5.41, 5.74) is 7.07. The third kappa shape index (κ3) is 4.32. The Hall–Kier alpha value is -2.51. The molecule has 1 saturated heterocycles. The number of benzene rings is 1. The molecule has 2 N–H and O–H groups in total. The fraction of sp³-hybridized carbons (Fsp3) is 0.435. The van der Waals surface area contributed by atoms with Crippen LogP contribution in [-0.2, 0) is 6.54 Å². The van der Waals surface area contributed by atoms with Gasteiger partial charge in [-0.25, -0.2) is 0 Å². The van der Waals surface area contributed by atoms with Gasteiger partial charge < -0.3 is 10.2 Å². The van der Waals surface area contributed by atoms with Gasteiger partial charge in [0, 0.05) is 36.5 Å². The molecule has 0 radical (unpaired) electrons. The maximum Gasteiger partial charge on any atom is 0.0844 e. The van der Waals surface area contributed by atoms with Crippen molar-refractivity contribution in [2.45, 2.75) is 38.1 Å². The lowest BCUT2D eigenvalue weighted by molar-refractivity contribution is 0.204. The summed E-state index contributed by atoms with van der Waals surface area (Å²) in [4.78, 5) is 7.10. The van der Waals surface area contributed by atoms with Crippen LogP contribution in [0.15, 0.2) is 41.6 Å². The van der Waals surface area contributed by atoms with E-state index in [0.29, 0.717) is 12.5 Å². The van der Waals surface area contributed by atoms with Crippen LogP contribution in [0.25, 0.3) is 10.1 Å². The molecule has 0 bridgehead atoms. The van der Waals surface area contributed by atoms with Gasteiger partial charge in [0.2, 0.25) is 0 Å². The quantitative estimate of drug-likeness (QED) is 0.400. The fourth-order valence-corrected chi connectivity index (χ4v) is 5.26. The second-order valence-corrected chi connectivity index (χ2v) is 9.22. The lowest BCUT2D eigenvalue weighted by atomic mass is 9.91. The molecule has 3 heterocycles. The number of rotatable bonds is 8. The first-order valence-corrected chi connectivity index (χ1v) is 11.6. The van der Waals surface area contributed by atoms with Gasteiger partial charge in [-0.3, -0.25) is 10.4 Å². The summed E-state index contributed by atoms with van der Waals surface area (Å²) >= 11 is 1.62. The van der Waals surface area contributed by atoms with Crippen LogP contribution in [0.1, 0.15) is 43.0 Å². The molecule has 2 aromatic heterocycles. The van der Waals surface area contributed by atoms with Crippen LogP contribution < -0.4 is 10.7 Å². The monoisotopic (exact) mass is 420 g/mol. The molecule has 0 amide bonds. The summed E-state index contributed by atoms with van der Waals surface area (Å²) < 4.78 is 6.12. The zero-order valence-corrected chi connectivity index (χ0v) is 18.0. The van der Waals surface area contributed by atoms with Crippen molar-refractivity contribution in [3.63, 3.8) is 0 Å². The van der Waals surface area contributed by atoms with Gasteiger partial charge >= 0.3 is 0 Å². The second-order valence-electron chi connectivity index (χ2n) is 8.42. The normalized spacial score (nSPS) is 17.9. The molecule has 156 valence electrons. The largest absolute Gasteiger partial charge is 0.379 e. The third-order valence-corrected chi connectivity index (χ3v) is 7.06. The smallest absolute Gasteiger partial charge is 0.0844 e. The number of fused-ring (bicyclic) bond motifs is 1. The van der Waals surface area contributed by atoms with Crippen molar-refractivity contribution in [3.8, 4) is 0 Å². The van der Waals surface area contributed by atoms with Crippen LogP contribution in [0.5, 0.6) is 0 Å². The van der Waals surface area contributed by atoms with Gasteiger partial charge in [0.05, 0.1) is 28.3 Å². The standard InChI is InChI=1S/C23H28N6S/c1-24-27-20-3-2-10-25-21(20)14-26-18-6-7-19-22(13-18)30-28-23(19)17-8-11-29(12-9-17)15-16-4-5-16/h2-3,6-7,10,13,16-17,26-27H,1,4-5,8-9,11-12,14-15H2. The SMILES string of the molecule is C=NNc1cccnc1CNc1ccc2c(C3CCN(CC4CC4)CC3)nsc2c1. The molecule has 3 aromatic rings. The van der Waals surface area contributed by atoms with E-state index in [2.05, 4.69) is 50.6 Å². The Labute approximate surface area is 181 Å². The lowest BCUT2D eigenvalue weighted by Gasteiger charge is -2.31. The fourth-order valence-electron chi connectivity index (χ4n) is 4.37. The number of aromatic nitrogens is 2. The average Bonchev–Trinajstić information content (AvgIpc) is 3.50. The first-order chi connectivity index (χ1) is 14.8. The Balaban J connectivity index is 1.24. The number of anilines is 2. The Bertz CT molecular complexity index is 1020. The van der Waals surface area contributed by atoms with Crippen LogP contribution in [-0.4, -0.2) is 40.6 Å². The molecule has 2 aliphatic rings. The first kappa shape index (κ1) is 19.5. The predicted octanol–water partition coefficient (Wildman–Crippen LogP) is 4.92. The van der Waals surface area contributed by atoms with Crippen LogP contribution in [0.3, 0.4) is 0 Å². The third-order valence-electron chi connectivity index (χ3n) is 6.24. The van der Waals surface area contributed by atoms with Crippen molar-refractivity contribution >= 4 is 39.7 Å². The molecule has 1 saturated carbocycles. The van der Waals surface area contributed by atoms with Crippen LogP contribution in [0, 0.1) is 5.92 Å². The lowest BCUT2D eigenvalue weighted by Crippen LogP contribution is -2.34. The average molecular weight is 421 g/mol. The second kappa shape index (κ2) is 8.70.